The number of carbonyl (C=O) groups excluding carboxylic acids is 1. The van der Waals surface area contributed by atoms with Crippen LogP contribution in [-0.4, -0.2) is 12.2 Å². The summed E-state index contributed by atoms with van der Waals surface area (Å²) in [6, 6.07) is 10.5. The number of nitrogens with one attached hydrogen (secondary N) is 2. The third-order valence-corrected chi connectivity index (χ3v) is 1.95. The van der Waals surface area contributed by atoms with E-state index in [9.17, 15) is 4.79 Å². The van der Waals surface area contributed by atoms with Crippen molar-refractivity contribution in [3.05, 3.63) is 54.5 Å². The first-order valence-electron chi connectivity index (χ1n) is 5.02. The SMILES string of the molecule is O=C(NN=Cc1ccoc1)Nc1ccccc1. The van der Waals surface area contributed by atoms with Crippen molar-refractivity contribution < 1.29 is 9.21 Å². The van der Waals surface area contributed by atoms with Gasteiger partial charge in [-0.3, -0.25) is 0 Å². The lowest BCUT2D eigenvalue weighted by Crippen LogP contribution is -2.24. The minimum Gasteiger partial charge on any atom is -0.472 e. The van der Waals surface area contributed by atoms with Gasteiger partial charge in [0.1, 0.15) is 0 Å². The van der Waals surface area contributed by atoms with Gasteiger partial charge in [-0.05, 0) is 18.2 Å². The molecular formula is C12H11N3O2. The maximum absolute atomic E-state index is 11.4. The van der Waals surface area contributed by atoms with Crippen molar-refractivity contribution >= 4 is 17.9 Å². The van der Waals surface area contributed by atoms with Gasteiger partial charge in [-0.15, -0.1) is 0 Å². The lowest BCUT2D eigenvalue weighted by Gasteiger charge is -2.02. The molecule has 0 unspecified atom stereocenters. The summed E-state index contributed by atoms with van der Waals surface area (Å²) >= 11 is 0. The third-order valence-electron chi connectivity index (χ3n) is 1.95. The fraction of sp³-hybridized carbons (Fsp3) is 0. The van der Waals surface area contributed by atoms with E-state index in [1.165, 1.54) is 18.7 Å². The average Bonchev–Trinajstić information content (AvgIpc) is 2.83. The molecule has 2 amide bonds. The molecule has 0 saturated carbocycles. The zero-order valence-electron chi connectivity index (χ0n) is 8.96. The van der Waals surface area contributed by atoms with E-state index in [1.807, 2.05) is 18.2 Å². The van der Waals surface area contributed by atoms with Crippen LogP contribution in [0.4, 0.5) is 10.5 Å². The fourth-order valence-electron chi connectivity index (χ4n) is 1.19. The van der Waals surface area contributed by atoms with Gasteiger partial charge in [0.2, 0.25) is 0 Å². The number of urea groups is 1. The smallest absolute Gasteiger partial charge is 0.339 e. The first-order valence-corrected chi connectivity index (χ1v) is 5.02. The van der Waals surface area contributed by atoms with Crippen LogP contribution in [0.3, 0.4) is 0 Å². The molecule has 17 heavy (non-hydrogen) atoms. The topological polar surface area (TPSA) is 66.6 Å². The molecule has 0 fully saturated rings. The van der Waals surface area contributed by atoms with Crippen LogP contribution in [0.15, 0.2) is 58.4 Å². The molecule has 0 aliphatic rings. The largest absolute Gasteiger partial charge is 0.472 e. The highest BCUT2D eigenvalue weighted by Crippen LogP contribution is 2.03. The van der Waals surface area contributed by atoms with Crippen molar-refractivity contribution in [2.75, 3.05) is 5.32 Å². The number of para-hydroxylation sites is 1. The Morgan fingerprint density at radius 3 is 2.76 bits per heavy atom. The zero-order chi connectivity index (χ0) is 11.9. The van der Waals surface area contributed by atoms with Crippen molar-refractivity contribution in [3.8, 4) is 0 Å². The average molecular weight is 229 g/mol. The van der Waals surface area contributed by atoms with Crippen LogP contribution < -0.4 is 10.7 Å². The highest BCUT2D eigenvalue weighted by atomic mass is 16.3. The predicted octanol–water partition coefficient (Wildman–Crippen LogP) is 2.44. The second kappa shape index (κ2) is 5.50. The van der Waals surface area contributed by atoms with Crippen molar-refractivity contribution in [2.45, 2.75) is 0 Å². The van der Waals surface area contributed by atoms with Crippen molar-refractivity contribution in [1.29, 1.82) is 0 Å². The lowest BCUT2D eigenvalue weighted by atomic mass is 10.3. The van der Waals surface area contributed by atoms with E-state index in [4.69, 9.17) is 4.42 Å². The molecular weight excluding hydrogens is 218 g/mol. The number of amides is 2. The van der Waals surface area contributed by atoms with Gasteiger partial charge < -0.3 is 9.73 Å². The number of hydrazone groups is 1. The van der Waals surface area contributed by atoms with Gasteiger partial charge in [-0.1, -0.05) is 18.2 Å². The molecule has 0 aliphatic carbocycles. The molecule has 0 atom stereocenters. The van der Waals surface area contributed by atoms with E-state index in [1.54, 1.807) is 18.2 Å². The Hall–Kier alpha value is -2.56. The van der Waals surface area contributed by atoms with Gasteiger partial charge in [0.05, 0.1) is 18.7 Å². The number of furan rings is 1. The normalized spacial score (nSPS) is 10.4. The van der Waals surface area contributed by atoms with Gasteiger partial charge >= 0.3 is 6.03 Å². The molecule has 0 bridgehead atoms. The molecule has 5 nitrogen and oxygen atoms in total. The summed E-state index contributed by atoms with van der Waals surface area (Å²) in [7, 11) is 0. The summed E-state index contributed by atoms with van der Waals surface area (Å²) in [6.45, 7) is 0. The highest BCUT2D eigenvalue weighted by molar-refractivity contribution is 5.90. The first kappa shape index (κ1) is 10.9. The Balaban J connectivity index is 1.82. The minimum atomic E-state index is -0.393. The quantitative estimate of drug-likeness (QED) is 0.627. The Labute approximate surface area is 98.1 Å². The van der Waals surface area contributed by atoms with Crippen LogP contribution in [0.25, 0.3) is 0 Å². The zero-order valence-corrected chi connectivity index (χ0v) is 8.96. The number of anilines is 1. The van der Waals surface area contributed by atoms with Crippen molar-refractivity contribution in [2.24, 2.45) is 5.10 Å². The number of hydrogen-bond acceptors (Lipinski definition) is 3. The molecule has 0 spiro atoms. The fourth-order valence-corrected chi connectivity index (χ4v) is 1.19. The molecule has 2 rings (SSSR count). The standard InChI is InChI=1S/C12H11N3O2/c16-12(14-11-4-2-1-3-5-11)15-13-8-10-6-7-17-9-10/h1-9H,(H2,14,15,16). The predicted molar refractivity (Wildman–Crippen MR) is 64.9 cm³/mol. The van der Waals surface area contributed by atoms with E-state index in [2.05, 4.69) is 15.8 Å². The molecule has 0 radical (unpaired) electrons. The molecule has 5 heteroatoms. The minimum absolute atomic E-state index is 0.393. The summed E-state index contributed by atoms with van der Waals surface area (Å²) in [6.07, 6.45) is 4.56. The summed E-state index contributed by atoms with van der Waals surface area (Å²) in [4.78, 5) is 11.4. The van der Waals surface area contributed by atoms with Crippen LogP contribution in [0.5, 0.6) is 0 Å². The van der Waals surface area contributed by atoms with Crippen molar-refractivity contribution in [3.63, 3.8) is 0 Å². The number of hydrogen-bond donors (Lipinski definition) is 2. The first-order chi connectivity index (χ1) is 8.34. The molecule has 2 aromatic rings. The van der Waals surface area contributed by atoms with Gasteiger partial charge in [-0.2, -0.15) is 5.10 Å². The van der Waals surface area contributed by atoms with Crippen molar-refractivity contribution in [1.82, 2.24) is 5.43 Å². The van der Waals surface area contributed by atoms with Crippen LogP contribution in [0, 0.1) is 0 Å². The second-order valence-corrected chi connectivity index (χ2v) is 3.25. The molecule has 2 N–H and O–H groups in total. The number of nitrogens with zero attached hydrogens (tertiary/aromatic N) is 1. The molecule has 1 aromatic carbocycles. The van der Waals surface area contributed by atoms with Gasteiger partial charge in [0.25, 0.3) is 0 Å². The van der Waals surface area contributed by atoms with E-state index in [-0.39, 0.29) is 0 Å². The molecule has 86 valence electrons. The van der Waals surface area contributed by atoms with Gasteiger partial charge in [0, 0.05) is 11.3 Å². The summed E-state index contributed by atoms with van der Waals surface area (Å²) in [5.41, 5.74) is 3.84. The Morgan fingerprint density at radius 1 is 1.24 bits per heavy atom. The van der Waals surface area contributed by atoms with Crippen LogP contribution in [0.2, 0.25) is 0 Å². The maximum Gasteiger partial charge on any atom is 0.339 e. The Morgan fingerprint density at radius 2 is 2.06 bits per heavy atom. The van der Waals surface area contributed by atoms with E-state index in [0.29, 0.717) is 5.69 Å². The molecule has 1 heterocycles. The number of carbonyl (C=O) groups is 1. The highest BCUT2D eigenvalue weighted by Gasteiger charge is 1.97. The van der Waals surface area contributed by atoms with E-state index < -0.39 is 6.03 Å². The number of benzene rings is 1. The Bertz CT molecular complexity index is 492. The van der Waals surface area contributed by atoms with Gasteiger partial charge in [-0.25, -0.2) is 10.2 Å². The summed E-state index contributed by atoms with van der Waals surface area (Å²) in [5.74, 6) is 0. The molecule has 1 aromatic heterocycles. The van der Waals surface area contributed by atoms with E-state index >= 15 is 0 Å². The Kier molecular flexibility index (Phi) is 3.54. The monoisotopic (exact) mass is 229 g/mol. The third kappa shape index (κ3) is 3.49. The molecule has 0 saturated heterocycles. The summed E-state index contributed by atoms with van der Waals surface area (Å²) < 4.78 is 4.85. The van der Waals surface area contributed by atoms with E-state index in [0.717, 1.165) is 5.56 Å². The molecule has 0 aliphatic heterocycles. The lowest BCUT2D eigenvalue weighted by molar-refractivity contribution is 0.252. The summed E-state index contributed by atoms with van der Waals surface area (Å²) in [5, 5.41) is 6.40. The van der Waals surface area contributed by atoms with Crippen LogP contribution in [0.1, 0.15) is 5.56 Å². The maximum atomic E-state index is 11.4. The van der Waals surface area contributed by atoms with Gasteiger partial charge in [0.15, 0.2) is 0 Å². The van der Waals surface area contributed by atoms with Crippen LogP contribution >= 0.6 is 0 Å². The van der Waals surface area contributed by atoms with Crippen LogP contribution in [-0.2, 0) is 0 Å². The number of rotatable bonds is 3. The second-order valence-electron chi connectivity index (χ2n) is 3.25.